The van der Waals surface area contributed by atoms with Gasteiger partial charge in [-0.15, -0.1) is 0 Å². The summed E-state index contributed by atoms with van der Waals surface area (Å²) < 4.78 is 14.1. The molecule has 4 atom stereocenters. The Kier molecular flexibility index (Phi) is 4.26. The number of likely N-dealkylation sites (tertiary alicyclic amines) is 1. The fourth-order valence-electron chi connectivity index (χ4n) is 4.55. The Morgan fingerprint density at radius 3 is 2.69 bits per heavy atom. The Labute approximate surface area is 155 Å². The number of benzene rings is 2. The summed E-state index contributed by atoms with van der Waals surface area (Å²) in [5.74, 6) is -1.27. The molecule has 2 aromatic carbocycles. The number of carbonyl (C=O) groups is 1. The standard InChI is InChI=1S/C20H19ClFNO3/c21-13-6-7-16(22)14(8-13)19(26)23-9-17(25)20(11-23)15(10-24)18(20)12-4-2-1-3-5-12/h1-8,15,17-18,24-25H,9-11H2/t15-,17+,18-,20-/m1/s1. The Bertz CT molecular complexity index is 846. The molecule has 26 heavy (non-hydrogen) atoms. The van der Waals surface area contributed by atoms with Crippen molar-refractivity contribution in [3.8, 4) is 0 Å². The van der Waals surface area contributed by atoms with Crippen molar-refractivity contribution >= 4 is 17.5 Å². The van der Waals surface area contributed by atoms with E-state index >= 15 is 0 Å². The van der Waals surface area contributed by atoms with Crippen LogP contribution in [-0.4, -0.2) is 46.8 Å². The average Bonchev–Trinajstić information content (AvgIpc) is 3.18. The molecule has 1 saturated carbocycles. The largest absolute Gasteiger partial charge is 0.396 e. The lowest BCUT2D eigenvalue weighted by molar-refractivity contribution is 0.0759. The van der Waals surface area contributed by atoms with Crippen molar-refractivity contribution in [1.82, 2.24) is 4.90 Å². The molecule has 2 aromatic rings. The van der Waals surface area contributed by atoms with Gasteiger partial charge in [-0.2, -0.15) is 0 Å². The molecule has 1 saturated heterocycles. The molecule has 2 aliphatic rings. The van der Waals surface area contributed by atoms with Crippen LogP contribution < -0.4 is 0 Å². The SMILES string of the molecule is O=C(c1cc(Cl)ccc1F)N1C[C@H](O)[C@@]2(C1)[C@H](CO)[C@H]2c1ccccc1. The molecular weight excluding hydrogens is 357 g/mol. The third kappa shape index (κ3) is 2.54. The highest BCUT2D eigenvalue weighted by molar-refractivity contribution is 6.31. The first kappa shape index (κ1) is 17.5. The maximum Gasteiger partial charge on any atom is 0.256 e. The number of nitrogens with zero attached hydrogens (tertiary/aromatic N) is 1. The van der Waals surface area contributed by atoms with Crippen molar-refractivity contribution in [2.75, 3.05) is 19.7 Å². The maximum atomic E-state index is 14.1. The molecule has 136 valence electrons. The van der Waals surface area contributed by atoms with E-state index in [0.29, 0.717) is 0 Å². The highest BCUT2D eigenvalue weighted by Gasteiger charge is 2.71. The van der Waals surface area contributed by atoms with Crippen molar-refractivity contribution < 1.29 is 19.4 Å². The predicted molar refractivity (Wildman–Crippen MR) is 95.5 cm³/mol. The first-order valence-electron chi connectivity index (χ1n) is 8.57. The van der Waals surface area contributed by atoms with Crippen molar-refractivity contribution in [3.05, 3.63) is 70.5 Å². The van der Waals surface area contributed by atoms with Crippen molar-refractivity contribution in [3.63, 3.8) is 0 Å². The van der Waals surface area contributed by atoms with Gasteiger partial charge in [0.2, 0.25) is 0 Å². The zero-order valence-corrected chi connectivity index (χ0v) is 14.7. The third-order valence-electron chi connectivity index (χ3n) is 5.84. The fourth-order valence-corrected chi connectivity index (χ4v) is 4.73. The van der Waals surface area contributed by atoms with E-state index in [9.17, 15) is 19.4 Å². The number of amides is 1. The molecule has 0 bridgehead atoms. The van der Waals surface area contributed by atoms with Crippen LogP contribution in [0.4, 0.5) is 4.39 Å². The van der Waals surface area contributed by atoms with Gasteiger partial charge >= 0.3 is 0 Å². The molecule has 1 aliphatic carbocycles. The fraction of sp³-hybridized carbons (Fsp3) is 0.350. The minimum Gasteiger partial charge on any atom is -0.396 e. The van der Waals surface area contributed by atoms with Crippen molar-refractivity contribution in [2.45, 2.75) is 12.0 Å². The first-order valence-corrected chi connectivity index (χ1v) is 8.95. The molecule has 0 aromatic heterocycles. The Morgan fingerprint density at radius 1 is 1.27 bits per heavy atom. The second-order valence-electron chi connectivity index (χ2n) is 7.12. The third-order valence-corrected chi connectivity index (χ3v) is 6.08. The Hall–Kier alpha value is -1.95. The summed E-state index contributed by atoms with van der Waals surface area (Å²) in [5.41, 5.74) is 0.355. The van der Waals surface area contributed by atoms with Crippen LogP contribution in [0.5, 0.6) is 0 Å². The molecule has 1 heterocycles. The zero-order valence-electron chi connectivity index (χ0n) is 14.0. The van der Waals surface area contributed by atoms with Crippen LogP contribution in [0.25, 0.3) is 0 Å². The lowest BCUT2D eigenvalue weighted by Crippen LogP contribution is -2.30. The van der Waals surface area contributed by atoms with Crippen LogP contribution in [0.1, 0.15) is 21.8 Å². The Balaban J connectivity index is 1.62. The van der Waals surface area contributed by atoms with Crippen LogP contribution in [0, 0.1) is 17.2 Å². The second kappa shape index (κ2) is 6.34. The molecule has 4 nitrogen and oxygen atoms in total. The summed E-state index contributed by atoms with van der Waals surface area (Å²) >= 11 is 5.89. The molecule has 2 N–H and O–H groups in total. The number of rotatable bonds is 3. The number of carbonyl (C=O) groups excluding carboxylic acids is 1. The quantitative estimate of drug-likeness (QED) is 0.867. The summed E-state index contributed by atoms with van der Waals surface area (Å²) in [6, 6.07) is 13.5. The van der Waals surface area contributed by atoms with Gasteiger partial charge < -0.3 is 15.1 Å². The molecular formula is C20H19ClFNO3. The highest BCUT2D eigenvalue weighted by Crippen LogP contribution is 2.68. The summed E-state index contributed by atoms with van der Waals surface area (Å²) in [6.07, 6.45) is -0.768. The van der Waals surface area contributed by atoms with Gasteiger partial charge in [0.15, 0.2) is 0 Å². The monoisotopic (exact) mass is 375 g/mol. The summed E-state index contributed by atoms with van der Waals surface area (Å²) in [5, 5.41) is 20.8. The van der Waals surface area contributed by atoms with Crippen molar-refractivity contribution in [2.24, 2.45) is 11.3 Å². The van der Waals surface area contributed by atoms with Gasteiger partial charge in [-0.1, -0.05) is 41.9 Å². The van der Waals surface area contributed by atoms with Gasteiger partial charge in [-0.3, -0.25) is 4.79 Å². The van der Waals surface area contributed by atoms with Crippen LogP contribution in [0.15, 0.2) is 48.5 Å². The highest BCUT2D eigenvalue weighted by atomic mass is 35.5. The van der Waals surface area contributed by atoms with Gasteiger partial charge in [-0.05, 0) is 35.6 Å². The number of aliphatic hydroxyl groups is 2. The van der Waals surface area contributed by atoms with Gasteiger partial charge in [0, 0.05) is 30.1 Å². The lowest BCUT2D eigenvalue weighted by atomic mass is 9.95. The summed E-state index contributed by atoms with van der Waals surface area (Å²) in [6.45, 7) is 0.332. The second-order valence-corrected chi connectivity index (χ2v) is 7.55. The van der Waals surface area contributed by atoms with Gasteiger partial charge in [0.05, 0.1) is 11.7 Å². The maximum absolute atomic E-state index is 14.1. The number of β-amino-alcohol motifs (C(OH)–C–C–N with tert-alkyl or cyclic N) is 1. The van der Waals surface area contributed by atoms with E-state index in [0.717, 1.165) is 11.6 Å². The zero-order chi connectivity index (χ0) is 18.5. The smallest absolute Gasteiger partial charge is 0.256 e. The number of aliphatic hydroxyl groups excluding tert-OH is 2. The number of halogens is 2. The summed E-state index contributed by atoms with van der Waals surface area (Å²) in [7, 11) is 0. The molecule has 0 unspecified atom stereocenters. The molecule has 6 heteroatoms. The normalized spacial score (nSPS) is 30.0. The van der Waals surface area contributed by atoms with E-state index in [1.807, 2.05) is 30.3 Å². The van der Waals surface area contributed by atoms with Gasteiger partial charge in [-0.25, -0.2) is 4.39 Å². The van der Waals surface area contributed by atoms with E-state index in [1.165, 1.54) is 17.0 Å². The van der Waals surface area contributed by atoms with Gasteiger partial charge in [0.1, 0.15) is 5.82 Å². The minimum absolute atomic E-state index is 0.0225. The molecule has 0 radical (unpaired) electrons. The molecule has 1 aliphatic heterocycles. The van der Waals surface area contributed by atoms with E-state index in [-0.39, 0.29) is 42.1 Å². The summed E-state index contributed by atoms with van der Waals surface area (Å²) in [4.78, 5) is 14.2. The number of hydrogen-bond acceptors (Lipinski definition) is 3. The minimum atomic E-state index is -0.768. The topological polar surface area (TPSA) is 60.8 Å². The van der Waals surface area contributed by atoms with Crippen molar-refractivity contribution in [1.29, 1.82) is 0 Å². The Morgan fingerprint density at radius 2 is 2.00 bits per heavy atom. The first-order chi connectivity index (χ1) is 12.5. The van der Waals surface area contributed by atoms with Crippen LogP contribution >= 0.6 is 11.6 Å². The van der Waals surface area contributed by atoms with E-state index < -0.39 is 23.2 Å². The molecule has 4 rings (SSSR count). The van der Waals surface area contributed by atoms with E-state index in [2.05, 4.69) is 0 Å². The average molecular weight is 376 g/mol. The van der Waals surface area contributed by atoms with E-state index in [4.69, 9.17) is 11.6 Å². The van der Waals surface area contributed by atoms with Crippen LogP contribution in [0.2, 0.25) is 5.02 Å². The molecule has 1 spiro atoms. The molecule has 2 fully saturated rings. The lowest BCUT2D eigenvalue weighted by Gasteiger charge is -2.17. The van der Waals surface area contributed by atoms with Gasteiger partial charge in [0.25, 0.3) is 5.91 Å². The van der Waals surface area contributed by atoms with Crippen LogP contribution in [-0.2, 0) is 0 Å². The van der Waals surface area contributed by atoms with Crippen LogP contribution in [0.3, 0.4) is 0 Å². The predicted octanol–water partition coefficient (Wildman–Crippen LogP) is 2.69. The molecule has 1 amide bonds. The van der Waals surface area contributed by atoms with E-state index in [1.54, 1.807) is 0 Å². The number of hydrogen-bond donors (Lipinski definition) is 2.